The van der Waals surface area contributed by atoms with Crippen LogP contribution in [0.5, 0.6) is 0 Å². The third-order valence-electron chi connectivity index (χ3n) is 8.33. The fourth-order valence-electron chi connectivity index (χ4n) is 5.43. The predicted molar refractivity (Wildman–Crippen MR) is 195 cm³/mol. The number of hydrogen-bond acceptors (Lipinski definition) is 7. The number of phosphoric acid groups is 1. The molecule has 278 valence electrons. The number of rotatable bonds is 35. The lowest BCUT2D eigenvalue weighted by Gasteiger charge is -2.24. The van der Waals surface area contributed by atoms with Gasteiger partial charge in [-0.3, -0.25) is 13.8 Å². The Balaban J connectivity index is 4.50. The van der Waals surface area contributed by atoms with E-state index < -0.39 is 38.6 Å². The van der Waals surface area contributed by atoms with Crippen LogP contribution in [0, 0.1) is 0 Å². The number of aliphatic hydroxyl groups excluding tert-OH is 2. The fourth-order valence-corrected chi connectivity index (χ4v) is 6.19. The van der Waals surface area contributed by atoms with Crippen LogP contribution >= 0.6 is 7.82 Å². The first-order chi connectivity index (χ1) is 22.8. The van der Waals surface area contributed by atoms with Crippen molar-refractivity contribution in [1.82, 2.24) is 5.32 Å². The Morgan fingerprint density at radius 2 is 1.21 bits per heavy atom. The van der Waals surface area contributed by atoms with E-state index in [0.29, 0.717) is 12.8 Å². The van der Waals surface area contributed by atoms with Gasteiger partial charge in [0.25, 0.3) is 0 Å². The van der Waals surface area contributed by atoms with E-state index in [1.165, 1.54) is 103 Å². The molecule has 10 heteroatoms. The zero-order valence-electron chi connectivity index (χ0n) is 30.1. The Kier molecular flexibility index (Phi) is 32.7. The van der Waals surface area contributed by atoms with Gasteiger partial charge in [-0.05, 0) is 32.1 Å². The average Bonchev–Trinajstić information content (AvgIpc) is 3.04. The van der Waals surface area contributed by atoms with Gasteiger partial charge in [0, 0.05) is 6.54 Å². The Hall–Kier alpha value is -1.06. The zero-order valence-corrected chi connectivity index (χ0v) is 31.0. The molecule has 4 atom stereocenters. The summed E-state index contributed by atoms with van der Waals surface area (Å²) in [4.78, 5) is 22.6. The molecule has 0 heterocycles. The maximum absolute atomic E-state index is 12.7. The van der Waals surface area contributed by atoms with Gasteiger partial charge >= 0.3 is 7.82 Å². The largest absolute Gasteiger partial charge is 0.472 e. The number of unbranched alkanes of at least 4 members (excludes halogenated alkanes) is 19. The van der Waals surface area contributed by atoms with Crippen LogP contribution in [0.15, 0.2) is 24.3 Å². The lowest BCUT2D eigenvalue weighted by atomic mass is 10.0. The second-order valence-corrected chi connectivity index (χ2v) is 14.4. The number of amides is 1. The molecule has 0 aromatic carbocycles. The molecule has 0 aliphatic rings. The molecule has 0 radical (unpaired) electrons. The summed E-state index contributed by atoms with van der Waals surface area (Å²) in [6.45, 7) is 3.91. The van der Waals surface area contributed by atoms with Crippen molar-refractivity contribution in [3.63, 3.8) is 0 Å². The lowest BCUT2D eigenvalue weighted by Crippen LogP contribution is -2.46. The molecule has 6 N–H and O–H groups in total. The summed E-state index contributed by atoms with van der Waals surface area (Å²) < 4.78 is 22.0. The lowest BCUT2D eigenvalue weighted by molar-refractivity contribution is -0.124. The number of nitrogens with two attached hydrogens (primary N) is 1. The van der Waals surface area contributed by atoms with Crippen LogP contribution in [0.4, 0.5) is 0 Å². The van der Waals surface area contributed by atoms with Gasteiger partial charge in [-0.2, -0.15) is 0 Å². The normalized spacial score (nSPS) is 15.3. The highest BCUT2D eigenvalue weighted by Crippen LogP contribution is 2.43. The van der Waals surface area contributed by atoms with Gasteiger partial charge in [0.15, 0.2) is 0 Å². The molecular weight excluding hydrogens is 615 g/mol. The van der Waals surface area contributed by atoms with E-state index in [1.54, 1.807) is 6.08 Å². The second-order valence-electron chi connectivity index (χ2n) is 13.0. The monoisotopic (exact) mass is 689 g/mol. The highest BCUT2D eigenvalue weighted by molar-refractivity contribution is 7.47. The van der Waals surface area contributed by atoms with Gasteiger partial charge in [0.2, 0.25) is 5.91 Å². The average molecular weight is 689 g/mol. The number of carbonyl (C=O) groups is 1. The molecule has 0 aromatic heterocycles. The molecule has 0 bridgehead atoms. The maximum Gasteiger partial charge on any atom is 0.472 e. The second kappa shape index (κ2) is 33.4. The van der Waals surface area contributed by atoms with Crippen molar-refractivity contribution in [1.29, 1.82) is 0 Å². The van der Waals surface area contributed by atoms with Crippen molar-refractivity contribution in [2.45, 2.75) is 186 Å². The van der Waals surface area contributed by atoms with E-state index in [2.05, 4.69) is 31.3 Å². The minimum atomic E-state index is -4.40. The zero-order chi connectivity index (χ0) is 34.9. The molecule has 9 nitrogen and oxygen atoms in total. The van der Waals surface area contributed by atoms with Gasteiger partial charge < -0.3 is 26.2 Å². The highest BCUT2D eigenvalue weighted by atomic mass is 31.2. The smallest absolute Gasteiger partial charge is 0.393 e. The van der Waals surface area contributed by atoms with Crippen LogP contribution < -0.4 is 11.1 Å². The van der Waals surface area contributed by atoms with Gasteiger partial charge in [0.05, 0.1) is 37.9 Å². The fraction of sp³-hybridized carbons (Fsp3) is 0.865. The van der Waals surface area contributed by atoms with Gasteiger partial charge in [0.1, 0.15) is 0 Å². The highest BCUT2D eigenvalue weighted by Gasteiger charge is 2.27. The quantitative estimate of drug-likeness (QED) is 0.0252. The first kappa shape index (κ1) is 45.9. The SMILES string of the molecule is CCCCCCCCCCC/C=C/CC/C=C/C(O)C(COP(=O)(O)OCCN)NC(=O)CC(O)CCCCCCCCCCCC. The molecule has 0 fully saturated rings. The Labute approximate surface area is 288 Å². The molecule has 0 aromatic rings. The number of aliphatic hydroxyl groups is 2. The maximum atomic E-state index is 12.7. The van der Waals surface area contributed by atoms with E-state index in [9.17, 15) is 24.5 Å². The topological polar surface area (TPSA) is 151 Å². The first-order valence-electron chi connectivity index (χ1n) is 19.0. The van der Waals surface area contributed by atoms with E-state index in [-0.39, 0.29) is 19.6 Å². The van der Waals surface area contributed by atoms with Crippen molar-refractivity contribution < 1.29 is 33.5 Å². The summed E-state index contributed by atoms with van der Waals surface area (Å²) in [6.07, 6.45) is 32.7. The molecular formula is C37H73N2O7P. The van der Waals surface area contributed by atoms with Crippen LogP contribution in [0.1, 0.15) is 168 Å². The minimum Gasteiger partial charge on any atom is -0.393 e. The summed E-state index contributed by atoms with van der Waals surface area (Å²) in [5, 5.41) is 23.9. The van der Waals surface area contributed by atoms with Gasteiger partial charge in [-0.15, -0.1) is 0 Å². The molecule has 0 spiro atoms. The molecule has 0 aliphatic carbocycles. The molecule has 0 rings (SSSR count). The predicted octanol–water partition coefficient (Wildman–Crippen LogP) is 8.80. The van der Waals surface area contributed by atoms with Gasteiger partial charge in [-0.1, -0.05) is 154 Å². The Morgan fingerprint density at radius 3 is 1.77 bits per heavy atom. The summed E-state index contributed by atoms with van der Waals surface area (Å²) in [7, 11) is -4.40. The summed E-state index contributed by atoms with van der Waals surface area (Å²) >= 11 is 0. The standard InChI is InChI=1S/C37H73N2O7P/c1-3-5-7-9-11-13-15-16-17-18-19-21-23-25-27-29-36(41)35(33-46-47(43,44)45-31-30-38)39-37(42)32-34(40)28-26-24-22-20-14-12-10-8-6-4-2/h19,21,27,29,34-36,40-41H,3-18,20,22-26,28,30-33,38H2,1-2H3,(H,39,42)(H,43,44)/b21-19+,29-27+. The molecule has 1 amide bonds. The summed E-state index contributed by atoms with van der Waals surface area (Å²) in [5.41, 5.74) is 5.34. The third kappa shape index (κ3) is 31.9. The first-order valence-corrected chi connectivity index (χ1v) is 20.5. The summed E-state index contributed by atoms with van der Waals surface area (Å²) in [6, 6.07) is -0.993. The molecule has 4 unspecified atom stereocenters. The molecule has 0 saturated heterocycles. The molecule has 0 aliphatic heterocycles. The van der Waals surface area contributed by atoms with Crippen molar-refractivity contribution in [3.8, 4) is 0 Å². The van der Waals surface area contributed by atoms with E-state index in [4.69, 9.17) is 14.8 Å². The molecule has 47 heavy (non-hydrogen) atoms. The van der Waals surface area contributed by atoms with Crippen LogP contribution in [-0.2, 0) is 18.4 Å². The number of hydrogen-bond donors (Lipinski definition) is 5. The molecule has 0 saturated carbocycles. The van der Waals surface area contributed by atoms with Crippen molar-refractivity contribution in [2.24, 2.45) is 5.73 Å². The van der Waals surface area contributed by atoms with Crippen LogP contribution in [0.25, 0.3) is 0 Å². The van der Waals surface area contributed by atoms with Crippen molar-refractivity contribution in [2.75, 3.05) is 19.8 Å². The number of phosphoric ester groups is 1. The minimum absolute atomic E-state index is 0.0456. The number of nitrogens with one attached hydrogen (secondary N) is 1. The number of carbonyl (C=O) groups excluding carboxylic acids is 1. The van der Waals surface area contributed by atoms with Gasteiger partial charge in [-0.25, -0.2) is 4.57 Å². The van der Waals surface area contributed by atoms with E-state index in [1.807, 2.05) is 6.08 Å². The number of allylic oxidation sites excluding steroid dienone is 3. The van der Waals surface area contributed by atoms with Crippen LogP contribution in [0.2, 0.25) is 0 Å². The Morgan fingerprint density at radius 1 is 0.723 bits per heavy atom. The Bertz CT molecular complexity index is 812. The van der Waals surface area contributed by atoms with Crippen LogP contribution in [-0.4, -0.2) is 59.0 Å². The summed E-state index contributed by atoms with van der Waals surface area (Å²) in [5.74, 6) is -0.458. The van der Waals surface area contributed by atoms with Crippen molar-refractivity contribution >= 4 is 13.7 Å². The third-order valence-corrected chi connectivity index (χ3v) is 9.32. The van der Waals surface area contributed by atoms with Crippen LogP contribution in [0.3, 0.4) is 0 Å². The van der Waals surface area contributed by atoms with Crippen molar-refractivity contribution in [3.05, 3.63) is 24.3 Å². The van der Waals surface area contributed by atoms with E-state index >= 15 is 0 Å². The van der Waals surface area contributed by atoms with E-state index in [0.717, 1.165) is 32.1 Å².